The van der Waals surface area contributed by atoms with Gasteiger partial charge in [-0.25, -0.2) is 0 Å². The molecule has 0 bridgehead atoms. The van der Waals surface area contributed by atoms with Crippen LogP contribution in [0.2, 0.25) is 0 Å². The van der Waals surface area contributed by atoms with Gasteiger partial charge in [0, 0.05) is 6.42 Å². The number of unbranched alkanes of at least 4 members (excludes halogenated alkanes) is 2. The van der Waals surface area contributed by atoms with Crippen LogP contribution < -0.4 is 4.74 Å². The summed E-state index contributed by atoms with van der Waals surface area (Å²) in [4.78, 5) is 0. The van der Waals surface area contributed by atoms with E-state index >= 15 is 0 Å². The summed E-state index contributed by atoms with van der Waals surface area (Å²) < 4.78 is 5.12. The first kappa shape index (κ1) is 14.0. The van der Waals surface area contributed by atoms with Gasteiger partial charge in [0.2, 0.25) is 0 Å². The van der Waals surface area contributed by atoms with E-state index in [2.05, 4.69) is 6.92 Å². The summed E-state index contributed by atoms with van der Waals surface area (Å²) in [6.45, 7) is 4.10. The van der Waals surface area contributed by atoms with Crippen LogP contribution in [0.25, 0.3) is 0 Å². The van der Waals surface area contributed by atoms with Gasteiger partial charge in [-0.1, -0.05) is 38.3 Å². The summed E-state index contributed by atoms with van der Waals surface area (Å²) in [5, 5.41) is 10.3. The third kappa shape index (κ3) is 5.22. The predicted octanol–water partition coefficient (Wildman–Crippen LogP) is 3.57. The molecule has 0 spiro atoms. The van der Waals surface area contributed by atoms with Gasteiger partial charge in [-0.3, -0.25) is 0 Å². The zero-order chi connectivity index (χ0) is 12.7. The van der Waals surface area contributed by atoms with Gasteiger partial charge in [0.05, 0.1) is 12.7 Å². The second-order valence-electron chi connectivity index (χ2n) is 4.98. The number of aliphatic hydroxyl groups is 1. The van der Waals surface area contributed by atoms with Crippen molar-refractivity contribution in [1.82, 2.24) is 0 Å². The van der Waals surface area contributed by atoms with Crippen LogP contribution >= 0.6 is 0 Å². The van der Waals surface area contributed by atoms with Crippen molar-refractivity contribution in [2.24, 2.45) is 0 Å². The summed E-state index contributed by atoms with van der Waals surface area (Å²) in [5.41, 5.74) is 0.566. The van der Waals surface area contributed by atoms with Crippen LogP contribution in [0.3, 0.4) is 0 Å². The highest BCUT2D eigenvalue weighted by Gasteiger charge is 2.20. The van der Waals surface area contributed by atoms with Crippen molar-refractivity contribution in [2.45, 2.75) is 51.6 Å². The van der Waals surface area contributed by atoms with E-state index in [0.29, 0.717) is 6.42 Å². The fourth-order valence-electron chi connectivity index (χ4n) is 2.03. The van der Waals surface area contributed by atoms with Gasteiger partial charge in [0.1, 0.15) is 5.75 Å². The molecule has 1 aromatic carbocycles. The first-order valence-corrected chi connectivity index (χ1v) is 6.43. The summed E-state index contributed by atoms with van der Waals surface area (Å²) in [5.74, 6) is 0.861. The maximum Gasteiger partial charge on any atom is 0.118 e. The van der Waals surface area contributed by atoms with Crippen LogP contribution in [-0.2, 0) is 6.42 Å². The molecule has 0 aliphatic rings. The Labute approximate surface area is 105 Å². The van der Waals surface area contributed by atoms with E-state index in [1.165, 1.54) is 12.8 Å². The van der Waals surface area contributed by atoms with Gasteiger partial charge < -0.3 is 9.84 Å². The highest BCUT2D eigenvalue weighted by atomic mass is 16.5. The molecule has 0 radical (unpaired) electrons. The Morgan fingerprint density at radius 2 is 1.82 bits per heavy atom. The van der Waals surface area contributed by atoms with Gasteiger partial charge in [0.25, 0.3) is 0 Å². The Kier molecular flexibility index (Phi) is 5.49. The van der Waals surface area contributed by atoms with Crippen molar-refractivity contribution in [1.29, 1.82) is 0 Å². The molecular formula is C15H24O2. The van der Waals surface area contributed by atoms with Crippen LogP contribution in [-0.4, -0.2) is 17.8 Å². The van der Waals surface area contributed by atoms with Crippen molar-refractivity contribution in [3.63, 3.8) is 0 Å². The van der Waals surface area contributed by atoms with Crippen molar-refractivity contribution in [3.05, 3.63) is 29.8 Å². The molecule has 0 aromatic heterocycles. The lowest BCUT2D eigenvalue weighted by Gasteiger charge is -2.23. The summed E-state index contributed by atoms with van der Waals surface area (Å²) in [7, 11) is 1.66. The maximum absolute atomic E-state index is 10.3. The molecule has 0 aliphatic heterocycles. The van der Waals surface area contributed by atoms with Crippen LogP contribution in [0.5, 0.6) is 5.75 Å². The molecule has 0 amide bonds. The first-order chi connectivity index (χ1) is 8.07. The zero-order valence-corrected chi connectivity index (χ0v) is 11.2. The number of benzene rings is 1. The monoisotopic (exact) mass is 236 g/mol. The molecule has 1 atom stereocenters. The lowest BCUT2D eigenvalue weighted by molar-refractivity contribution is 0.0486. The minimum Gasteiger partial charge on any atom is -0.497 e. The molecule has 0 aliphatic carbocycles. The summed E-state index contributed by atoms with van der Waals surface area (Å²) in [6, 6.07) is 7.93. The average molecular weight is 236 g/mol. The first-order valence-electron chi connectivity index (χ1n) is 6.43. The third-order valence-electron chi connectivity index (χ3n) is 3.06. The molecule has 0 saturated carbocycles. The minimum absolute atomic E-state index is 0.593. The van der Waals surface area contributed by atoms with E-state index in [-0.39, 0.29) is 0 Å². The van der Waals surface area contributed by atoms with E-state index in [1.807, 2.05) is 31.2 Å². The number of hydrogen-bond acceptors (Lipinski definition) is 2. The molecule has 1 unspecified atom stereocenters. The molecule has 0 fully saturated rings. The van der Waals surface area contributed by atoms with Gasteiger partial charge in [-0.05, 0) is 31.0 Å². The van der Waals surface area contributed by atoms with Gasteiger partial charge in [-0.2, -0.15) is 0 Å². The maximum atomic E-state index is 10.3. The molecule has 0 heterocycles. The SMILES string of the molecule is CCCCCC(C)(O)Cc1ccc(OC)cc1. The zero-order valence-electron chi connectivity index (χ0n) is 11.2. The van der Waals surface area contributed by atoms with Crippen LogP contribution in [0, 0.1) is 0 Å². The molecular weight excluding hydrogens is 212 g/mol. The van der Waals surface area contributed by atoms with E-state index in [0.717, 1.165) is 24.2 Å². The van der Waals surface area contributed by atoms with E-state index in [1.54, 1.807) is 7.11 Å². The summed E-state index contributed by atoms with van der Waals surface area (Å²) >= 11 is 0. The number of hydrogen-bond donors (Lipinski definition) is 1. The van der Waals surface area contributed by atoms with Crippen molar-refractivity contribution in [2.75, 3.05) is 7.11 Å². The second-order valence-corrected chi connectivity index (χ2v) is 4.98. The largest absolute Gasteiger partial charge is 0.497 e. The lowest BCUT2D eigenvalue weighted by Crippen LogP contribution is -2.26. The highest BCUT2D eigenvalue weighted by molar-refractivity contribution is 5.27. The molecule has 1 rings (SSSR count). The Bertz CT molecular complexity index is 314. The minimum atomic E-state index is -0.593. The predicted molar refractivity (Wildman–Crippen MR) is 71.5 cm³/mol. The van der Waals surface area contributed by atoms with Crippen molar-refractivity contribution >= 4 is 0 Å². The second kappa shape index (κ2) is 6.65. The number of methoxy groups -OCH3 is 1. The molecule has 1 N–H and O–H groups in total. The Morgan fingerprint density at radius 1 is 1.18 bits per heavy atom. The Balaban J connectivity index is 2.50. The Morgan fingerprint density at radius 3 is 2.35 bits per heavy atom. The number of rotatable bonds is 7. The van der Waals surface area contributed by atoms with Crippen molar-refractivity contribution < 1.29 is 9.84 Å². The molecule has 1 aromatic rings. The topological polar surface area (TPSA) is 29.5 Å². The fraction of sp³-hybridized carbons (Fsp3) is 0.600. The molecule has 2 nitrogen and oxygen atoms in total. The Hall–Kier alpha value is -1.02. The highest BCUT2D eigenvalue weighted by Crippen LogP contribution is 2.21. The van der Waals surface area contributed by atoms with Gasteiger partial charge in [-0.15, -0.1) is 0 Å². The smallest absolute Gasteiger partial charge is 0.118 e. The van der Waals surface area contributed by atoms with E-state index < -0.39 is 5.60 Å². The average Bonchev–Trinajstić information content (AvgIpc) is 2.30. The third-order valence-corrected chi connectivity index (χ3v) is 3.06. The van der Waals surface area contributed by atoms with Crippen LogP contribution in [0.4, 0.5) is 0 Å². The van der Waals surface area contributed by atoms with Crippen LogP contribution in [0.15, 0.2) is 24.3 Å². The molecule has 96 valence electrons. The van der Waals surface area contributed by atoms with Crippen LogP contribution in [0.1, 0.15) is 45.1 Å². The fourth-order valence-corrected chi connectivity index (χ4v) is 2.03. The number of ether oxygens (including phenoxy) is 1. The normalized spacial score (nSPS) is 14.4. The van der Waals surface area contributed by atoms with Gasteiger partial charge in [0.15, 0.2) is 0 Å². The quantitative estimate of drug-likeness (QED) is 0.733. The molecule has 17 heavy (non-hydrogen) atoms. The van der Waals surface area contributed by atoms with E-state index in [9.17, 15) is 5.11 Å². The van der Waals surface area contributed by atoms with Gasteiger partial charge >= 0.3 is 0 Å². The lowest BCUT2D eigenvalue weighted by atomic mass is 9.91. The standard InChI is InChI=1S/C15H24O2/c1-4-5-6-11-15(2,16)12-13-7-9-14(17-3)10-8-13/h7-10,16H,4-6,11-12H2,1-3H3. The molecule has 0 saturated heterocycles. The molecule has 2 heteroatoms. The van der Waals surface area contributed by atoms with E-state index in [4.69, 9.17) is 4.74 Å². The summed E-state index contributed by atoms with van der Waals surface area (Å²) in [6.07, 6.45) is 5.06. The van der Waals surface area contributed by atoms with Crippen molar-refractivity contribution in [3.8, 4) is 5.75 Å².